The lowest BCUT2D eigenvalue weighted by molar-refractivity contribution is 0.582. The van der Waals surface area contributed by atoms with Crippen molar-refractivity contribution in [2.24, 2.45) is 0 Å². The van der Waals surface area contributed by atoms with Gasteiger partial charge < -0.3 is 0 Å². The maximum Gasteiger partial charge on any atom is 0.240 e. The fraction of sp³-hybridized carbons (Fsp3) is 0.400. The van der Waals surface area contributed by atoms with Gasteiger partial charge in [0.2, 0.25) is 10.0 Å². The van der Waals surface area contributed by atoms with Gasteiger partial charge in [-0.1, -0.05) is 49.6 Å². The van der Waals surface area contributed by atoms with Crippen molar-refractivity contribution in [3.8, 4) is 0 Å². The quantitative estimate of drug-likeness (QED) is 0.809. The standard InChI is InChI=1S/C10H13Br2NO2S/c1-8-2-4-10(5-3-8)16(14,15)13-7-9(12)6-11/h2-5,9,13H,6-7H2,1H3/t9-/m0/s1. The number of halogens is 2. The predicted octanol–water partition coefficient (Wildman–Crippen LogP) is 2.43. The summed E-state index contributed by atoms with van der Waals surface area (Å²) in [5.74, 6) is 0. The highest BCUT2D eigenvalue weighted by molar-refractivity contribution is 9.12. The molecule has 1 aromatic carbocycles. The Morgan fingerprint density at radius 3 is 2.38 bits per heavy atom. The van der Waals surface area contributed by atoms with Gasteiger partial charge in [-0.05, 0) is 19.1 Å². The minimum Gasteiger partial charge on any atom is -0.210 e. The molecule has 16 heavy (non-hydrogen) atoms. The van der Waals surface area contributed by atoms with Crippen molar-refractivity contribution >= 4 is 41.9 Å². The predicted molar refractivity (Wildman–Crippen MR) is 72.9 cm³/mol. The van der Waals surface area contributed by atoms with E-state index in [0.717, 1.165) is 5.56 Å². The van der Waals surface area contributed by atoms with Crippen LogP contribution < -0.4 is 4.72 Å². The van der Waals surface area contributed by atoms with Crippen LogP contribution in [-0.4, -0.2) is 25.1 Å². The van der Waals surface area contributed by atoms with Crippen LogP contribution in [-0.2, 0) is 10.0 Å². The van der Waals surface area contributed by atoms with Crippen LogP contribution in [0.5, 0.6) is 0 Å². The zero-order valence-corrected chi connectivity index (χ0v) is 12.8. The minimum absolute atomic E-state index is 0.0905. The van der Waals surface area contributed by atoms with Crippen molar-refractivity contribution in [1.82, 2.24) is 4.72 Å². The molecular weight excluding hydrogens is 358 g/mol. The van der Waals surface area contributed by atoms with Gasteiger partial charge >= 0.3 is 0 Å². The van der Waals surface area contributed by atoms with Crippen molar-refractivity contribution in [3.05, 3.63) is 29.8 Å². The molecule has 0 aliphatic rings. The van der Waals surface area contributed by atoms with E-state index in [1.165, 1.54) is 0 Å². The Bertz CT molecular complexity index is 431. The number of rotatable bonds is 5. The Morgan fingerprint density at radius 2 is 1.88 bits per heavy atom. The molecule has 3 nitrogen and oxygen atoms in total. The van der Waals surface area contributed by atoms with Crippen LogP contribution in [0.15, 0.2) is 29.2 Å². The van der Waals surface area contributed by atoms with E-state index in [2.05, 4.69) is 36.6 Å². The Balaban J connectivity index is 2.74. The van der Waals surface area contributed by atoms with E-state index < -0.39 is 10.0 Å². The second-order valence-corrected chi connectivity index (χ2v) is 7.13. The molecule has 0 radical (unpaired) electrons. The normalized spacial score (nSPS) is 13.7. The van der Waals surface area contributed by atoms with E-state index in [9.17, 15) is 8.42 Å². The molecule has 0 aromatic heterocycles. The van der Waals surface area contributed by atoms with E-state index in [1.807, 2.05) is 6.92 Å². The fourth-order valence-corrected chi connectivity index (χ4v) is 2.74. The summed E-state index contributed by atoms with van der Waals surface area (Å²) >= 11 is 6.61. The van der Waals surface area contributed by atoms with E-state index in [4.69, 9.17) is 0 Å². The van der Waals surface area contributed by atoms with Gasteiger partial charge in [0.1, 0.15) is 0 Å². The minimum atomic E-state index is -3.38. The summed E-state index contributed by atoms with van der Waals surface area (Å²) < 4.78 is 26.2. The molecule has 1 rings (SSSR count). The first-order valence-corrected chi connectivity index (χ1v) is 8.24. The summed E-state index contributed by atoms with van der Waals surface area (Å²) in [6.45, 7) is 2.28. The van der Waals surface area contributed by atoms with E-state index >= 15 is 0 Å². The Hall–Kier alpha value is 0.0900. The maximum atomic E-state index is 11.8. The number of alkyl halides is 2. The van der Waals surface area contributed by atoms with Gasteiger partial charge in [0.15, 0.2) is 0 Å². The van der Waals surface area contributed by atoms with Gasteiger partial charge in [-0.2, -0.15) is 0 Å². The number of hydrogen-bond donors (Lipinski definition) is 1. The van der Waals surface area contributed by atoms with Crippen LogP contribution in [0, 0.1) is 6.92 Å². The van der Waals surface area contributed by atoms with Crippen molar-refractivity contribution < 1.29 is 8.42 Å². The number of aryl methyl sites for hydroxylation is 1. The zero-order valence-electron chi connectivity index (χ0n) is 8.78. The Kier molecular flexibility index (Phi) is 5.43. The first kappa shape index (κ1) is 14.2. The lowest BCUT2D eigenvalue weighted by atomic mass is 10.2. The number of hydrogen-bond acceptors (Lipinski definition) is 2. The molecule has 90 valence electrons. The van der Waals surface area contributed by atoms with Crippen LogP contribution in [0.25, 0.3) is 0 Å². The summed E-state index contributed by atoms with van der Waals surface area (Å²) in [6, 6.07) is 6.78. The van der Waals surface area contributed by atoms with E-state index in [-0.39, 0.29) is 4.83 Å². The fourth-order valence-electron chi connectivity index (χ4n) is 1.06. The molecule has 1 N–H and O–H groups in total. The lowest BCUT2D eigenvalue weighted by Gasteiger charge is -2.09. The van der Waals surface area contributed by atoms with Crippen LogP contribution in [0.1, 0.15) is 5.56 Å². The first-order chi connectivity index (χ1) is 7.45. The second kappa shape index (κ2) is 6.14. The largest absolute Gasteiger partial charge is 0.240 e. The third-order valence-electron chi connectivity index (χ3n) is 1.99. The molecule has 0 unspecified atom stereocenters. The molecule has 1 atom stereocenters. The average molecular weight is 371 g/mol. The lowest BCUT2D eigenvalue weighted by Crippen LogP contribution is -2.30. The topological polar surface area (TPSA) is 46.2 Å². The van der Waals surface area contributed by atoms with Gasteiger partial charge in [0.05, 0.1) is 4.90 Å². The Morgan fingerprint density at radius 1 is 1.31 bits per heavy atom. The summed E-state index contributed by atoms with van der Waals surface area (Å²) in [6.07, 6.45) is 0. The first-order valence-electron chi connectivity index (χ1n) is 4.72. The monoisotopic (exact) mass is 369 g/mol. The summed E-state index contributed by atoms with van der Waals surface area (Å²) in [5.41, 5.74) is 1.04. The zero-order chi connectivity index (χ0) is 12.2. The average Bonchev–Trinajstić information content (AvgIpc) is 2.26. The van der Waals surface area contributed by atoms with E-state index in [1.54, 1.807) is 24.3 Å². The van der Waals surface area contributed by atoms with Gasteiger partial charge in [-0.3, -0.25) is 0 Å². The highest BCUT2D eigenvalue weighted by atomic mass is 79.9. The molecule has 0 bridgehead atoms. The molecule has 0 aliphatic carbocycles. The third-order valence-corrected chi connectivity index (χ3v) is 5.73. The Labute approximate surface area is 113 Å². The molecule has 0 saturated carbocycles. The molecule has 1 aromatic rings. The van der Waals surface area contributed by atoms with Crippen LogP contribution in [0.3, 0.4) is 0 Å². The number of benzene rings is 1. The molecule has 0 saturated heterocycles. The molecule has 0 amide bonds. The highest BCUT2D eigenvalue weighted by Gasteiger charge is 2.14. The van der Waals surface area contributed by atoms with Gasteiger partial charge in [0, 0.05) is 16.7 Å². The van der Waals surface area contributed by atoms with Gasteiger partial charge in [-0.15, -0.1) is 0 Å². The van der Waals surface area contributed by atoms with Crippen LogP contribution in [0.2, 0.25) is 0 Å². The van der Waals surface area contributed by atoms with Crippen molar-refractivity contribution in [1.29, 1.82) is 0 Å². The summed E-state index contributed by atoms with van der Waals surface area (Å²) in [7, 11) is -3.38. The van der Waals surface area contributed by atoms with Crippen LogP contribution >= 0.6 is 31.9 Å². The third kappa shape index (κ3) is 4.16. The second-order valence-electron chi connectivity index (χ2n) is 3.42. The molecule has 6 heteroatoms. The van der Waals surface area contributed by atoms with Crippen molar-refractivity contribution in [2.75, 3.05) is 11.9 Å². The van der Waals surface area contributed by atoms with Gasteiger partial charge in [0.25, 0.3) is 0 Å². The van der Waals surface area contributed by atoms with Crippen molar-refractivity contribution in [3.63, 3.8) is 0 Å². The van der Waals surface area contributed by atoms with Crippen molar-refractivity contribution in [2.45, 2.75) is 16.6 Å². The number of sulfonamides is 1. The summed E-state index contributed by atoms with van der Waals surface area (Å²) in [4.78, 5) is 0.389. The molecule has 0 fully saturated rings. The molecule has 0 spiro atoms. The van der Waals surface area contributed by atoms with E-state index in [0.29, 0.717) is 16.8 Å². The summed E-state index contributed by atoms with van der Waals surface area (Å²) in [5, 5.41) is 0.698. The highest BCUT2D eigenvalue weighted by Crippen LogP contribution is 2.10. The van der Waals surface area contributed by atoms with Crippen LogP contribution in [0.4, 0.5) is 0 Å². The molecule has 0 aliphatic heterocycles. The molecular formula is C10H13Br2NO2S. The SMILES string of the molecule is Cc1ccc(S(=O)(=O)NC[C@@H](Br)CBr)cc1. The number of nitrogens with one attached hydrogen (secondary N) is 1. The maximum absolute atomic E-state index is 11.8. The smallest absolute Gasteiger partial charge is 0.210 e. The van der Waals surface area contributed by atoms with Gasteiger partial charge in [-0.25, -0.2) is 13.1 Å². The molecule has 0 heterocycles.